The Morgan fingerprint density at radius 3 is 2.50 bits per heavy atom. The molecule has 2 unspecified atom stereocenters. The van der Waals surface area contributed by atoms with E-state index in [2.05, 4.69) is 82.4 Å². The zero-order valence-corrected chi connectivity index (χ0v) is 15.8. The molecule has 1 aliphatic rings. The Morgan fingerprint density at radius 1 is 1.08 bits per heavy atom. The summed E-state index contributed by atoms with van der Waals surface area (Å²) < 4.78 is 2.16. The molecule has 1 aromatic carbocycles. The lowest BCUT2D eigenvalue weighted by Crippen LogP contribution is -2.30. The van der Waals surface area contributed by atoms with Crippen molar-refractivity contribution in [2.75, 3.05) is 4.90 Å². The first kappa shape index (κ1) is 16.8. The van der Waals surface area contributed by atoms with Gasteiger partial charge in [0.25, 0.3) is 0 Å². The number of anilines is 1. The molecule has 1 saturated heterocycles. The molecular formula is C21H22N4S. The summed E-state index contributed by atoms with van der Waals surface area (Å²) in [6.45, 7) is 2.17. The highest BCUT2D eigenvalue weighted by Crippen LogP contribution is 2.41. The van der Waals surface area contributed by atoms with Crippen molar-refractivity contribution in [2.45, 2.75) is 25.4 Å². The van der Waals surface area contributed by atoms with E-state index in [1.807, 2.05) is 18.3 Å². The van der Waals surface area contributed by atoms with E-state index in [0.29, 0.717) is 0 Å². The topological polar surface area (TPSA) is 33.1 Å². The van der Waals surface area contributed by atoms with Gasteiger partial charge in [-0.2, -0.15) is 0 Å². The fourth-order valence-electron chi connectivity index (χ4n) is 3.61. The van der Waals surface area contributed by atoms with Crippen LogP contribution in [-0.4, -0.2) is 14.7 Å². The second-order valence-corrected chi connectivity index (χ2v) is 6.95. The van der Waals surface area contributed by atoms with Gasteiger partial charge in [0.1, 0.15) is 6.04 Å². The third-order valence-electron chi connectivity index (χ3n) is 5.01. The Hall–Kier alpha value is -2.66. The van der Waals surface area contributed by atoms with E-state index in [4.69, 9.17) is 12.2 Å². The molecule has 2 aromatic heterocycles. The van der Waals surface area contributed by atoms with Crippen LogP contribution in [-0.2, 0) is 13.5 Å². The summed E-state index contributed by atoms with van der Waals surface area (Å²) in [7, 11) is 2.07. The minimum absolute atomic E-state index is 0.00292. The average Bonchev–Trinajstić information content (AvgIpc) is 3.25. The van der Waals surface area contributed by atoms with Crippen molar-refractivity contribution < 1.29 is 0 Å². The fourth-order valence-corrected chi connectivity index (χ4v) is 3.95. The van der Waals surface area contributed by atoms with Crippen LogP contribution in [0.1, 0.15) is 36.0 Å². The Kier molecular flexibility index (Phi) is 4.47. The quantitative estimate of drug-likeness (QED) is 0.707. The van der Waals surface area contributed by atoms with Crippen molar-refractivity contribution in [2.24, 2.45) is 7.05 Å². The van der Waals surface area contributed by atoms with Crippen LogP contribution in [0.2, 0.25) is 0 Å². The van der Waals surface area contributed by atoms with E-state index in [9.17, 15) is 0 Å². The van der Waals surface area contributed by atoms with Gasteiger partial charge in [-0.15, -0.1) is 0 Å². The molecule has 3 aromatic rings. The van der Waals surface area contributed by atoms with Crippen LogP contribution < -0.4 is 10.2 Å². The van der Waals surface area contributed by atoms with Crippen LogP contribution in [0.25, 0.3) is 0 Å². The molecular weight excluding hydrogens is 340 g/mol. The molecule has 3 heterocycles. The lowest BCUT2D eigenvalue weighted by atomic mass is 10.0. The van der Waals surface area contributed by atoms with Crippen molar-refractivity contribution in [1.29, 1.82) is 0 Å². The number of thiocarbonyl (C=S) groups is 1. The molecule has 1 aliphatic heterocycles. The molecule has 4 rings (SSSR count). The van der Waals surface area contributed by atoms with Crippen LogP contribution in [0, 0.1) is 0 Å². The summed E-state index contributed by atoms with van der Waals surface area (Å²) in [6, 6.07) is 19.0. The van der Waals surface area contributed by atoms with Gasteiger partial charge in [0.15, 0.2) is 5.11 Å². The minimum Gasteiger partial charge on any atom is -0.353 e. The standard InChI is InChI=1S/C21H22N4S/c1-3-15-9-11-16(12-10-15)25-20(18-8-6-14-24(18)2)19(23-21(25)26)17-7-4-5-13-22-17/h4-14,19-20H,3H2,1-2H3,(H,23,26). The van der Waals surface area contributed by atoms with Crippen molar-refractivity contribution in [3.63, 3.8) is 0 Å². The third-order valence-corrected chi connectivity index (χ3v) is 5.32. The second kappa shape index (κ2) is 6.92. The van der Waals surface area contributed by atoms with E-state index in [-0.39, 0.29) is 12.1 Å². The molecule has 132 valence electrons. The number of nitrogens with one attached hydrogen (secondary N) is 1. The first-order valence-electron chi connectivity index (χ1n) is 8.90. The van der Waals surface area contributed by atoms with Crippen LogP contribution in [0.3, 0.4) is 0 Å². The predicted octanol–water partition coefficient (Wildman–Crippen LogP) is 4.16. The van der Waals surface area contributed by atoms with Gasteiger partial charge in [0, 0.05) is 30.8 Å². The van der Waals surface area contributed by atoms with E-state index in [0.717, 1.165) is 22.9 Å². The lowest BCUT2D eigenvalue weighted by molar-refractivity contribution is 0.541. The van der Waals surface area contributed by atoms with Gasteiger partial charge >= 0.3 is 0 Å². The highest BCUT2D eigenvalue weighted by atomic mass is 32.1. The summed E-state index contributed by atoms with van der Waals surface area (Å²) in [6.07, 6.45) is 4.94. The van der Waals surface area contributed by atoms with Crippen molar-refractivity contribution in [3.05, 3.63) is 83.9 Å². The summed E-state index contributed by atoms with van der Waals surface area (Å²) in [5, 5.41) is 4.23. The molecule has 26 heavy (non-hydrogen) atoms. The molecule has 5 heteroatoms. The highest BCUT2D eigenvalue weighted by molar-refractivity contribution is 7.80. The average molecular weight is 363 g/mol. The molecule has 1 N–H and O–H groups in total. The summed E-state index contributed by atoms with van der Waals surface area (Å²) >= 11 is 5.73. The molecule has 0 spiro atoms. The smallest absolute Gasteiger partial charge is 0.174 e. The monoisotopic (exact) mass is 362 g/mol. The molecule has 2 atom stereocenters. The maximum Gasteiger partial charge on any atom is 0.174 e. The number of hydrogen-bond acceptors (Lipinski definition) is 2. The van der Waals surface area contributed by atoms with Gasteiger partial charge < -0.3 is 14.8 Å². The highest BCUT2D eigenvalue weighted by Gasteiger charge is 2.41. The van der Waals surface area contributed by atoms with E-state index < -0.39 is 0 Å². The summed E-state index contributed by atoms with van der Waals surface area (Å²) in [4.78, 5) is 6.79. The Balaban J connectivity index is 1.81. The molecule has 4 nitrogen and oxygen atoms in total. The van der Waals surface area contributed by atoms with Gasteiger partial charge in [-0.05, 0) is 60.6 Å². The van der Waals surface area contributed by atoms with E-state index in [1.54, 1.807) is 0 Å². The number of nitrogens with zero attached hydrogens (tertiary/aromatic N) is 3. The van der Waals surface area contributed by atoms with Gasteiger partial charge in [-0.25, -0.2) is 0 Å². The number of hydrogen-bond donors (Lipinski definition) is 1. The zero-order chi connectivity index (χ0) is 18.1. The number of aromatic nitrogens is 2. The minimum atomic E-state index is 0.00292. The normalized spacial score (nSPS) is 19.6. The lowest BCUT2D eigenvalue weighted by Gasteiger charge is -2.28. The Labute approximate surface area is 159 Å². The molecule has 1 fully saturated rings. The molecule has 0 saturated carbocycles. The largest absolute Gasteiger partial charge is 0.353 e. The predicted molar refractivity (Wildman–Crippen MR) is 109 cm³/mol. The molecule has 0 aliphatic carbocycles. The first-order valence-corrected chi connectivity index (χ1v) is 9.30. The molecule has 0 radical (unpaired) electrons. The number of aryl methyl sites for hydroxylation is 2. The number of pyridine rings is 1. The summed E-state index contributed by atoms with van der Waals surface area (Å²) in [5.41, 5.74) is 4.62. The zero-order valence-electron chi connectivity index (χ0n) is 15.0. The maximum atomic E-state index is 5.73. The van der Waals surface area contributed by atoms with Crippen LogP contribution >= 0.6 is 12.2 Å². The Bertz CT molecular complexity index is 901. The van der Waals surface area contributed by atoms with Crippen molar-refractivity contribution in [3.8, 4) is 0 Å². The van der Waals surface area contributed by atoms with Crippen LogP contribution in [0.15, 0.2) is 67.0 Å². The maximum absolute atomic E-state index is 5.73. The van der Waals surface area contributed by atoms with Gasteiger partial charge in [-0.3, -0.25) is 4.98 Å². The van der Waals surface area contributed by atoms with Gasteiger partial charge in [-0.1, -0.05) is 25.1 Å². The fraction of sp³-hybridized carbons (Fsp3) is 0.238. The molecule has 0 bridgehead atoms. The third kappa shape index (κ3) is 2.88. The molecule has 0 amide bonds. The van der Waals surface area contributed by atoms with E-state index in [1.165, 1.54) is 11.3 Å². The van der Waals surface area contributed by atoms with Gasteiger partial charge in [0.05, 0.1) is 11.7 Å². The number of rotatable bonds is 4. The van der Waals surface area contributed by atoms with Crippen molar-refractivity contribution in [1.82, 2.24) is 14.9 Å². The SMILES string of the molecule is CCc1ccc(N2C(=S)NC(c3ccccn3)C2c2cccn2C)cc1. The van der Waals surface area contributed by atoms with E-state index >= 15 is 0 Å². The van der Waals surface area contributed by atoms with Gasteiger partial charge in [0.2, 0.25) is 0 Å². The van der Waals surface area contributed by atoms with Crippen LogP contribution in [0.5, 0.6) is 0 Å². The first-order chi connectivity index (χ1) is 12.7. The second-order valence-electron chi connectivity index (χ2n) is 6.56. The van der Waals surface area contributed by atoms with Crippen LogP contribution in [0.4, 0.5) is 5.69 Å². The summed E-state index contributed by atoms with van der Waals surface area (Å²) in [5.74, 6) is 0. The van der Waals surface area contributed by atoms with Crippen molar-refractivity contribution >= 4 is 23.0 Å². The Morgan fingerprint density at radius 2 is 1.88 bits per heavy atom. The number of benzene rings is 1.